The molecule has 0 bridgehead atoms. The number of esters is 1. The number of hydrogen-bond donors (Lipinski definition) is 4. The second-order valence-corrected chi connectivity index (χ2v) is 15.9. The summed E-state index contributed by atoms with van der Waals surface area (Å²) in [5.41, 5.74) is 0.349. The second-order valence-electron chi connectivity index (χ2n) is 15.9. The maximum absolute atomic E-state index is 11.7. The molecule has 2 fully saturated rings. The number of aliphatic hydroxyl groups excluding tert-OH is 3. The van der Waals surface area contributed by atoms with Gasteiger partial charge in [-0.25, -0.2) is 4.79 Å². The third-order valence-corrected chi connectivity index (χ3v) is 10.6. The lowest BCUT2D eigenvalue weighted by atomic mass is 9.97. The van der Waals surface area contributed by atoms with E-state index >= 15 is 0 Å². The first-order valence-electron chi connectivity index (χ1n) is 20.1. The van der Waals surface area contributed by atoms with Crippen molar-refractivity contribution in [2.75, 3.05) is 0 Å². The van der Waals surface area contributed by atoms with Crippen molar-refractivity contribution in [3.8, 4) is 0 Å². The smallest absolute Gasteiger partial charge is 0.336 e. The lowest BCUT2D eigenvalue weighted by Gasteiger charge is -2.24. The van der Waals surface area contributed by atoms with Crippen molar-refractivity contribution >= 4 is 5.97 Å². The second kappa shape index (κ2) is 22.1. The van der Waals surface area contributed by atoms with E-state index in [1.807, 2.05) is 13.8 Å². The fraction of sp³-hybridized carbons (Fsp3) is 0.925. The van der Waals surface area contributed by atoms with Gasteiger partial charge >= 0.3 is 5.97 Å². The summed E-state index contributed by atoms with van der Waals surface area (Å²) in [7, 11) is 0. The molecule has 0 spiro atoms. The molecule has 9 nitrogen and oxygen atoms in total. The molecule has 286 valence electrons. The van der Waals surface area contributed by atoms with Crippen molar-refractivity contribution in [3.05, 3.63) is 11.6 Å². The van der Waals surface area contributed by atoms with Crippen molar-refractivity contribution in [1.82, 2.24) is 0 Å². The van der Waals surface area contributed by atoms with Gasteiger partial charge in [0.05, 0.1) is 42.7 Å². The Morgan fingerprint density at radius 3 is 1.73 bits per heavy atom. The van der Waals surface area contributed by atoms with E-state index in [1.165, 1.54) is 57.9 Å². The highest BCUT2D eigenvalue weighted by Gasteiger charge is 2.42. The minimum absolute atomic E-state index is 0.00119. The molecule has 3 heterocycles. The Kier molecular flexibility index (Phi) is 19.1. The lowest BCUT2D eigenvalue weighted by molar-refractivity contribution is -0.173. The van der Waals surface area contributed by atoms with Crippen molar-refractivity contribution < 1.29 is 44.2 Å². The van der Waals surface area contributed by atoms with Crippen molar-refractivity contribution in [3.63, 3.8) is 0 Å². The van der Waals surface area contributed by atoms with Crippen LogP contribution in [-0.4, -0.2) is 80.7 Å². The van der Waals surface area contributed by atoms with Gasteiger partial charge in [0.15, 0.2) is 5.79 Å². The van der Waals surface area contributed by atoms with Crippen LogP contribution in [0.4, 0.5) is 0 Å². The minimum atomic E-state index is -1.56. The van der Waals surface area contributed by atoms with Gasteiger partial charge in [-0.2, -0.15) is 0 Å². The standard InChI is InChI=1S/C40H72O9/c1-5-6-7-8-9-14-17-20-23-36-37(48-39(2,3)47-36)25-24-33(43)35-27-26-34(46-35)32(42)22-19-16-13-11-10-12-15-18-21-31(41)28-30-29-40(4,45)49-38(30)44/h29,31-37,41-43,45H,5-28H2,1-4H3/t31?,32-,33-,34-,35-,36-,37+,40?/m0/s1. The maximum Gasteiger partial charge on any atom is 0.336 e. The van der Waals surface area contributed by atoms with Crippen LogP contribution < -0.4 is 0 Å². The Morgan fingerprint density at radius 1 is 0.694 bits per heavy atom. The van der Waals surface area contributed by atoms with Crippen LogP contribution in [0.25, 0.3) is 0 Å². The number of aliphatic hydroxyl groups is 4. The summed E-state index contributed by atoms with van der Waals surface area (Å²) in [4.78, 5) is 11.7. The molecule has 0 aromatic rings. The Hall–Kier alpha value is -1.07. The number of unbranched alkanes of at least 4 members (excludes halogenated alkanes) is 14. The van der Waals surface area contributed by atoms with Gasteiger partial charge in [-0.3, -0.25) is 0 Å². The predicted molar refractivity (Wildman–Crippen MR) is 192 cm³/mol. The van der Waals surface area contributed by atoms with E-state index < -0.39 is 35.9 Å². The molecular weight excluding hydrogens is 624 g/mol. The summed E-state index contributed by atoms with van der Waals surface area (Å²) in [6, 6.07) is 0. The van der Waals surface area contributed by atoms with Crippen LogP contribution in [0.1, 0.15) is 182 Å². The number of hydrogen-bond acceptors (Lipinski definition) is 9. The van der Waals surface area contributed by atoms with E-state index in [1.54, 1.807) is 0 Å². The molecule has 3 aliphatic heterocycles. The van der Waals surface area contributed by atoms with Gasteiger partial charge in [-0.15, -0.1) is 0 Å². The van der Waals surface area contributed by atoms with Crippen LogP contribution in [-0.2, 0) is 23.7 Å². The van der Waals surface area contributed by atoms with Crippen LogP contribution in [0.3, 0.4) is 0 Å². The Morgan fingerprint density at radius 2 is 1.18 bits per heavy atom. The normalized spacial score (nSPS) is 28.5. The largest absolute Gasteiger partial charge is 0.426 e. The summed E-state index contributed by atoms with van der Waals surface area (Å²) in [5.74, 6) is -2.69. The SMILES string of the molecule is CCCCCCCCCC[C@@H]1OC(C)(C)O[C@@H]1CC[C@H](O)[C@@H]1CC[C@@H]([C@@H](O)CCCCCCCCCCC(O)CC2=CC(C)(O)OC2=O)O1. The number of carbonyl (C=O) groups excluding carboxylic acids is 1. The molecule has 2 saturated heterocycles. The van der Waals surface area contributed by atoms with Crippen molar-refractivity contribution in [2.24, 2.45) is 0 Å². The molecule has 2 unspecified atom stereocenters. The summed E-state index contributed by atoms with van der Waals surface area (Å²) >= 11 is 0. The first-order valence-corrected chi connectivity index (χ1v) is 20.1. The highest BCUT2D eigenvalue weighted by atomic mass is 16.8. The van der Waals surface area contributed by atoms with Crippen molar-refractivity contribution in [2.45, 2.75) is 236 Å². The molecule has 0 aromatic heterocycles. The topological polar surface area (TPSA) is 135 Å². The third-order valence-electron chi connectivity index (χ3n) is 10.6. The number of ether oxygens (including phenoxy) is 4. The predicted octanol–water partition coefficient (Wildman–Crippen LogP) is 7.93. The molecule has 0 amide bonds. The van der Waals surface area contributed by atoms with Gasteiger partial charge in [0.1, 0.15) is 0 Å². The number of carbonyl (C=O) groups is 1. The molecule has 4 N–H and O–H groups in total. The Bertz CT molecular complexity index is 950. The average molecular weight is 697 g/mol. The molecule has 0 aliphatic carbocycles. The van der Waals surface area contributed by atoms with Gasteiger partial charge < -0.3 is 39.4 Å². The lowest BCUT2D eigenvalue weighted by Crippen LogP contribution is -2.32. The average Bonchev–Trinajstić information content (AvgIpc) is 3.72. The van der Waals surface area contributed by atoms with E-state index in [0.29, 0.717) is 18.4 Å². The van der Waals surface area contributed by atoms with Gasteiger partial charge in [-0.1, -0.05) is 110 Å². The van der Waals surface area contributed by atoms with E-state index in [9.17, 15) is 25.2 Å². The third kappa shape index (κ3) is 16.4. The van der Waals surface area contributed by atoms with Gasteiger partial charge in [-0.05, 0) is 64.9 Å². The van der Waals surface area contributed by atoms with Gasteiger partial charge in [0.25, 0.3) is 0 Å². The van der Waals surface area contributed by atoms with E-state index in [4.69, 9.17) is 18.9 Å². The molecule has 0 aromatic carbocycles. The Balaban J connectivity index is 1.18. The highest BCUT2D eigenvalue weighted by Crippen LogP contribution is 2.35. The molecule has 0 radical (unpaired) electrons. The molecule has 8 atom stereocenters. The van der Waals surface area contributed by atoms with Crippen LogP contribution in [0.5, 0.6) is 0 Å². The van der Waals surface area contributed by atoms with Gasteiger partial charge in [0.2, 0.25) is 5.79 Å². The summed E-state index contributed by atoms with van der Waals surface area (Å²) < 4.78 is 23.5. The van der Waals surface area contributed by atoms with Crippen LogP contribution in [0.15, 0.2) is 11.6 Å². The van der Waals surface area contributed by atoms with E-state index in [2.05, 4.69) is 6.92 Å². The quantitative estimate of drug-likeness (QED) is 0.0499. The van der Waals surface area contributed by atoms with Crippen LogP contribution in [0, 0.1) is 0 Å². The first-order chi connectivity index (χ1) is 23.4. The molecule has 49 heavy (non-hydrogen) atoms. The molecule has 0 saturated carbocycles. The van der Waals surface area contributed by atoms with Crippen molar-refractivity contribution in [1.29, 1.82) is 0 Å². The van der Waals surface area contributed by atoms with E-state index in [0.717, 1.165) is 89.9 Å². The monoisotopic (exact) mass is 697 g/mol. The zero-order valence-electron chi connectivity index (χ0n) is 31.4. The number of cyclic esters (lactones) is 1. The molecular formula is C40H72O9. The summed E-state index contributed by atoms with van der Waals surface area (Å²) in [5, 5.41) is 41.8. The first kappa shape index (κ1) is 42.3. The fourth-order valence-electron chi connectivity index (χ4n) is 7.80. The highest BCUT2D eigenvalue weighted by molar-refractivity contribution is 5.91. The Labute approximate surface area is 297 Å². The minimum Gasteiger partial charge on any atom is -0.426 e. The fourth-order valence-corrected chi connectivity index (χ4v) is 7.80. The maximum atomic E-state index is 11.7. The molecule has 3 aliphatic rings. The summed E-state index contributed by atoms with van der Waals surface area (Å²) in [6.07, 6.45) is 23.9. The molecule has 3 rings (SSSR count). The van der Waals surface area contributed by atoms with E-state index in [-0.39, 0.29) is 30.8 Å². The molecule has 9 heteroatoms. The zero-order chi connectivity index (χ0) is 35.7. The number of rotatable bonds is 27. The summed E-state index contributed by atoms with van der Waals surface area (Å²) in [6.45, 7) is 7.64. The van der Waals surface area contributed by atoms with Crippen LogP contribution in [0.2, 0.25) is 0 Å². The van der Waals surface area contributed by atoms with Gasteiger partial charge in [0, 0.05) is 18.9 Å². The van der Waals surface area contributed by atoms with Crippen LogP contribution >= 0.6 is 0 Å². The zero-order valence-corrected chi connectivity index (χ0v) is 31.4.